The number of ether oxygens (including phenoxy) is 1. The number of hydrogen-bond acceptors (Lipinski definition) is 5. The molecule has 1 aromatic heterocycles. The molecular weight excluding hydrogens is 394 g/mol. The van der Waals surface area contributed by atoms with Gasteiger partial charge in [-0.3, -0.25) is 9.59 Å². The van der Waals surface area contributed by atoms with Gasteiger partial charge in [-0.1, -0.05) is 12.1 Å². The van der Waals surface area contributed by atoms with E-state index < -0.39 is 0 Å². The highest BCUT2D eigenvalue weighted by atomic mass is 16.5. The van der Waals surface area contributed by atoms with Crippen LogP contribution in [0.1, 0.15) is 27.8 Å². The lowest BCUT2D eigenvalue weighted by molar-refractivity contribution is 0.0709. The zero-order valence-corrected chi connectivity index (χ0v) is 17.6. The van der Waals surface area contributed by atoms with Crippen molar-refractivity contribution in [3.63, 3.8) is 0 Å². The summed E-state index contributed by atoms with van der Waals surface area (Å²) in [5.74, 6) is 0.638. The van der Waals surface area contributed by atoms with Gasteiger partial charge in [0.15, 0.2) is 5.76 Å². The van der Waals surface area contributed by atoms with Gasteiger partial charge >= 0.3 is 0 Å². The Morgan fingerprint density at radius 1 is 1.10 bits per heavy atom. The van der Waals surface area contributed by atoms with E-state index in [0.717, 1.165) is 24.5 Å². The molecule has 2 aromatic carbocycles. The van der Waals surface area contributed by atoms with Gasteiger partial charge in [-0.05, 0) is 55.5 Å². The van der Waals surface area contributed by atoms with E-state index in [-0.39, 0.29) is 23.7 Å². The molecule has 3 aromatic rings. The Balaban J connectivity index is 1.37. The standard InChI is InChI=1S/C24H25N3O4/c1-3-27-16-19(31-21-8-5-4-7-20(21)27)15-26(2)24(29)17-10-12-18(13-11-17)25-23(28)22-9-6-14-30-22/h4-14,19H,3,15-16H2,1-2H3,(H,25,28). The summed E-state index contributed by atoms with van der Waals surface area (Å²) in [6.07, 6.45) is 1.33. The van der Waals surface area contributed by atoms with Crippen molar-refractivity contribution < 1.29 is 18.7 Å². The molecule has 1 N–H and O–H groups in total. The van der Waals surface area contributed by atoms with Crippen LogP contribution in [0.5, 0.6) is 5.75 Å². The molecule has 0 saturated carbocycles. The molecule has 160 valence electrons. The zero-order valence-electron chi connectivity index (χ0n) is 17.6. The third-order valence-corrected chi connectivity index (χ3v) is 5.26. The van der Waals surface area contributed by atoms with Gasteiger partial charge in [0.2, 0.25) is 0 Å². The van der Waals surface area contributed by atoms with Crippen molar-refractivity contribution in [1.29, 1.82) is 0 Å². The minimum Gasteiger partial charge on any atom is -0.485 e. The number of nitrogens with one attached hydrogen (secondary N) is 1. The van der Waals surface area contributed by atoms with Gasteiger partial charge in [-0.15, -0.1) is 0 Å². The summed E-state index contributed by atoms with van der Waals surface area (Å²) in [4.78, 5) is 28.9. The van der Waals surface area contributed by atoms with Crippen LogP contribution >= 0.6 is 0 Å². The van der Waals surface area contributed by atoms with E-state index >= 15 is 0 Å². The predicted molar refractivity (Wildman–Crippen MR) is 119 cm³/mol. The Morgan fingerprint density at radius 2 is 1.87 bits per heavy atom. The third-order valence-electron chi connectivity index (χ3n) is 5.26. The molecule has 0 radical (unpaired) electrons. The number of rotatable bonds is 6. The van der Waals surface area contributed by atoms with E-state index in [4.69, 9.17) is 9.15 Å². The topological polar surface area (TPSA) is 75.0 Å². The molecule has 1 aliphatic heterocycles. The lowest BCUT2D eigenvalue weighted by atomic mass is 10.1. The van der Waals surface area contributed by atoms with Crippen LogP contribution in [-0.2, 0) is 0 Å². The molecule has 7 heteroatoms. The van der Waals surface area contributed by atoms with Crippen molar-refractivity contribution in [2.24, 2.45) is 0 Å². The largest absolute Gasteiger partial charge is 0.485 e. The predicted octanol–water partition coefficient (Wildman–Crippen LogP) is 3.89. The minimum absolute atomic E-state index is 0.102. The highest BCUT2D eigenvalue weighted by molar-refractivity contribution is 6.02. The van der Waals surface area contributed by atoms with Crippen LogP contribution in [0, 0.1) is 0 Å². The summed E-state index contributed by atoms with van der Waals surface area (Å²) < 4.78 is 11.2. The highest BCUT2D eigenvalue weighted by Gasteiger charge is 2.27. The first kappa shape index (κ1) is 20.5. The Morgan fingerprint density at radius 3 is 2.58 bits per heavy atom. The first-order valence-electron chi connectivity index (χ1n) is 10.3. The molecule has 1 aliphatic rings. The van der Waals surface area contributed by atoms with Gasteiger partial charge < -0.3 is 24.3 Å². The van der Waals surface area contributed by atoms with E-state index in [0.29, 0.717) is 17.8 Å². The first-order valence-corrected chi connectivity index (χ1v) is 10.3. The van der Waals surface area contributed by atoms with Crippen LogP contribution in [-0.4, -0.2) is 49.5 Å². The molecule has 4 rings (SSSR count). The lowest BCUT2D eigenvalue weighted by Crippen LogP contribution is -2.46. The van der Waals surface area contributed by atoms with E-state index in [1.807, 2.05) is 18.2 Å². The Labute approximate surface area is 181 Å². The van der Waals surface area contributed by atoms with E-state index in [1.165, 1.54) is 6.26 Å². The van der Waals surface area contributed by atoms with E-state index in [2.05, 4.69) is 23.2 Å². The number of benzene rings is 2. The van der Waals surface area contributed by atoms with Crippen LogP contribution < -0.4 is 15.0 Å². The number of furan rings is 1. The Hall–Kier alpha value is -3.74. The molecule has 0 spiro atoms. The zero-order chi connectivity index (χ0) is 21.8. The van der Waals surface area contributed by atoms with Crippen molar-refractivity contribution in [2.75, 3.05) is 36.9 Å². The average Bonchev–Trinajstić information content (AvgIpc) is 3.34. The summed E-state index contributed by atoms with van der Waals surface area (Å²) in [7, 11) is 1.77. The fourth-order valence-electron chi connectivity index (χ4n) is 3.68. The summed E-state index contributed by atoms with van der Waals surface area (Å²) in [6.45, 7) is 4.18. The summed E-state index contributed by atoms with van der Waals surface area (Å²) in [6, 6.07) is 18.0. The average molecular weight is 419 g/mol. The molecule has 0 aliphatic carbocycles. The van der Waals surface area contributed by atoms with E-state index in [9.17, 15) is 9.59 Å². The fourth-order valence-corrected chi connectivity index (χ4v) is 3.68. The molecular formula is C24H25N3O4. The molecule has 31 heavy (non-hydrogen) atoms. The van der Waals surface area contributed by atoms with Gasteiger partial charge in [-0.2, -0.15) is 0 Å². The number of fused-ring (bicyclic) bond motifs is 1. The highest BCUT2D eigenvalue weighted by Crippen LogP contribution is 2.32. The quantitative estimate of drug-likeness (QED) is 0.656. The van der Waals surface area contributed by atoms with Gasteiger partial charge in [0.1, 0.15) is 11.9 Å². The third kappa shape index (κ3) is 4.55. The second-order valence-electron chi connectivity index (χ2n) is 7.44. The number of carbonyl (C=O) groups is 2. The second-order valence-corrected chi connectivity index (χ2v) is 7.44. The Kier molecular flexibility index (Phi) is 5.93. The lowest BCUT2D eigenvalue weighted by Gasteiger charge is -2.37. The number of amides is 2. The van der Waals surface area contributed by atoms with Gasteiger partial charge in [0.25, 0.3) is 11.8 Å². The van der Waals surface area contributed by atoms with Crippen LogP contribution in [0.4, 0.5) is 11.4 Å². The summed E-state index contributed by atoms with van der Waals surface area (Å²) >= 11 is 0. The number of nitrogens with zero attached hydrogens (tertiary/aromatic N) is 2. The maximum atomic E-state index is 12.9. The molecule has 0 bridgehead atoms. The summed E-state index contributed by atoms with van der Waals surface area (Å²) in [5, 5.41) is 2.74. The van der Waals surface area contributed by atoms with Crippen molar-refractivity contribution in [1.82, 2.24) is 4.90 Å². The number of likely N-dealkylation sites (N-methyl/N-ethyl adjacent to an activating group) is 2. The fraction of sp³-hybridized carbons (Fsp3) is 0.250. The van der Waals surface area contributed by atoms with Crippen molar-refractivity contribution in [2.45, 2.75) is 13.0 Å². The van der Waals surface area contributed by atoms with Crippen LogP contribution in [0.15, 0.2) is 71.3 Å². The van der Waals surface area contributed by atoms with Crippen LogP contribution in [0.2, 0.25) is 0 Å². The molecule has 7 nitrogen and oxygen atoms in total. The van der Waals surface area contributed by atoms with Crippen LogP contribution in [0.3, 0.4) is 0 Å². The molecule has 0 fully saturated rings. The van der Waals surface area contributed by atoms with Gasteiger partial charge in [0, 0.05) is 24.8 Å². The smallest absolute Gasteiger partial charge is 0.291 e. The maximum absolute atomic E-state index is 12.9. The van der Waals surface area contributed by atoms with Crippen molar-refractivity contribution >= 4 is 23.2 Å². The van der Waals surface area contributed by atoms with Crippen LogP contribution in [0.25, 0.3) is 0 Å². The monoisotopic (exact) mass is 419 g/mol. The normalized spacial score (nSPS) is 15.0. The second kappa shape index (κ2) is 8.95. The molecule has 0 saturated heterocycles. The number of carbonyl (C=O) groups excluding carboxylic acids is 2. The number of para-hydroxylation sites is 2. The van der Waals surface area contributed by atoms with Gasteiger partial charge in [-0.25, -0.2) is 0 Å². The SMILES string of the molecule is CCN1CC(CN(C)C(=O)c2ccc(NC(=O)c3ccco3)cc2)Oc2ccccc21. The Bertz CT molecular complexity index is 1050. The minimum atomic E-state index is -0.337. The number of anilines is 2. The molecule has 1 unspecified atom stereocenters. The van der Waals surface area contributed by atoms with Gasteiger partial charge in [0.05, 0.1) is 25.0 Å². The van der Waals surface area contributed by atoms with Crippen molar-refractivity contribution in [3.8, 4) is 5.75 Å². The molecule has 1 atom stereocenters. The van der Waals surface area contributed by atoms with E-state index in [1.54, 1.807) is 48.3 Å². The number of hydrogen-bond donors (Lipinski definition) is 1. The maximum Gasteiger partial charge on any atom is 0.291 e. The first-order chi connectivity index (χ1) is 15.0. The molecule has 2 amide bonds. The van der Waals surface area contributed by atoms with Crippen molar-refractivity contribution in [3.05, 3.63) is 78.3 Å². The molecule has 2 heterocycles. The summed E-state index contributed by atoms with van der Waals surface area (Å²) in [5.41, 5.74) is 2.22.